The van der Waals surface area contributed by atoms with E-state index in [2.05, 4.69) is 5.32 Å². The van der Waals surface area contributed by atoms with Crippen molar-refractivity contribution in [3.8, 4) is 0 Å². The van der Waals surface area contributed by atoms with Crippen LogP contribution >= 0.6 is 0 Å². The van der Waals surface area contributed by atoms with Gasteiger partial charge in [0.25, 0.3) is 5.69 Å². The van der Waals surface area contributed by atoms with Crippen LogP contribution in [0.15, 0.2) is 48.5 Å². The minimum absolute atomic E-state index is 0.201. The molecule has 0 saturated carbocycles. The maximum absolute atomic E-state index is 12.9. The van der Waals surface area contributed by atoms with Crippen LogP contribution < -0.4 is 5.32 Å². The molecule has 0 heterocycles. The molecule has 25 heavy (non-hydrogen) atoms. The van der Waals surface area contributed by atoms with Gasteiger partial charge in [-0.05, 0) is 23.8 Å². The number of carbonyl (C=O) groups is 1. The second-order valence-corrected chi connectivity index (χ2v) is 5.02. The van der Waals surface area contributed by atoms with Gasteiger partial charge in [-0.1, -0.05) is 30.3 Å². The molecule has 5 nitrogen and oxygen atoms in total. The van der Waals surface area contributed by atoms with Gasteiger partial charge in [-0.2, -0.15) is 13.2 Å². The van der Waals surface area contributed by atoms with Crippen LogP contribution in [0.2, 0.25) is 0 Å². The predicted molar refractivity (Wildman–Crippen MR) is 87.5 cm³/mol. The first-order chi connectivity index (χ1) is 11.7. The van der Waals surface area contributed by atoms with E-state index in [4.69, 9.17) is 0 Å². The minimum atomic E-state index is -4.65. The zero-order chi connectivity index (χ0) is 18.6. The Balaban J connectivity index is 2.33. The highest BCUT2D eigenvalue weighted by Crippen LogP contribution is 2.32. The van der Waals surface area contributed by atoms with Crippen molar-refractivity contribution in [1.29, 1.82) is 0 Å². The SMILES string of the molecule is CNc1ccc(/C=C/C(=O)c2ccccc2C(F)(F)F)cc1[N+](=O)[O-]. The molecule has 2 aromatic carbocycles. The summed E-state index contributed by atoms with van der Waals surface area (Å²) in [5.41, 5.74) is -1.10. The van der Waals surface area contributed by atoms with Gasteiger partial charge in [0, 0.05) is 18.7 Å². The third-order valence-corrected chi connectivity index (χ3v) is 3.41. The smallest absolute Gasteiger partial charge is 0.383 e. The molecule has 0 fully saturated rings. The quantitative estimate of drug-likeness (QED) is 0.372. The maximum Gasteiger partial charge on any atom is 0.417 e. The first kappa shape index (κ1) is 18.2. The molecular weight excluding hydrogens is 337 g/mol. The predicted octanol–water partition coefficient (Wildman–Crippen LogP) is 4.55. The fourth-order valence-electron chi connectivity index (χ4n) is 2.22. The second-order valence-electron chi connectivity index (χ2n) is 5.02. The zero-order valence-electron chi connectivity index (χ0n) is 13.0. The van der Waals surface area contributed by atoms with E-state index >= 15 is 0 Å². The minimum Gasteiger partial charge on any atom is -0.383 e. The largest absolute Gasteiger partial charge is 0.417 e. The van der Waals surface area contributed by atoms with Crippen molar-refractivity contribution in [3.63, 3.8) is 0 Å². The van der Waals surface area contributed by atoms with Gasteiger partial charge < -0.3 is 5.32 Å². The first-order valence-corrected chi connectivity index (χ1v) is 7.09. The number of halogens is 3. The van der Waals surface area contributed by atoms with E-state index in [1.165, 1.54) is 43.5 Å². The summed E-state index contributed by atoms with van der Waals surface area (Å²) in [6, 6.07) is 8.64. The summed E-state index contributed by atoms with van der Waals surface area (Å²) in [5.74, 6) is -0.840. The number of anilines is 1. The molecule has 0 aromatic heterocycles. The average molecular weight is 350 g/mol. The normalized spacial score (nSPS) is 11.5. The lowest BCUT2D eigenvalue weighted by molar-refractivity contribution is -0.384. The van der Waals surface area contributed by atoms with Crippen LogP contribution in [0, 0.1) is 10.1 Å². The number of rotatable bonds is 5. The van der Waals surface area contributed by atoms with E-state index in [1.54, 1.807) is 0 Å². The van der Waals surface area contributed by atoms with Gasteiger partial charge in [0.05, 0.1) is 10.5 Å². The van der Waals surface area contributed by atoms with Crippen molar-refractivity contribution in [2.75, 3.05) is 12.4 Å². The van der Waals surface area contributed by atoms with Crippen molar-refractivity contribution in [1.82, 2.24) is 0 Å². The van der Waals surface area contributed by atoms with E-state index in [-0.39, 0.29) is 11.4 Å². The highest BCUT2D eigenvalue weighted by molar-refractivity contribution is 6.08. The summed E-state index contributed by atoms with van der Waals surface area (Å²) in [5, 5.41) is 13.7. The molecule has 0 bridgehead atoms. The number of alkyl halides is 3. The highest BCUT2D eigenvalue weighted by atomic mass is 19.4. The van der Waals surface area contributed by atoms with E-state index < -0.39 is 28.0 Å². The van der Waals surface area contributed by atoms with Crippen LogP contribution in [0.1, 0.15) is 21.5 Å². The summed E-state index contributed by atoms with van der Waals surface area (Å²) in [6.45, 7) is 0. The number of carbonyl (C=O) groups excluding carboxylic acids is 1. The Morgan fingerprint density at radius 3 is 2.48 bits per heavy atom. The zero-order valence-corrected chi connectivity index (χ0v) is 13.0. The van der Waals surface area contributed by atoms with Gasteiger partial charge in [0.15, 0.2) is 5.78 Å². The highest BCUT2D eigenvalue weighted by Gasteiger charge is 2.34. The molecule has 0 aliphatic rings. The van der Waals surface area contributed by atoms with E-state index in [0.29, 0.717) is 5.56 Å². The number of nitrogens with one attached hydrogen (secondary N) is 1. The van der Waals surface area contributed by atoms with Crippen molar-refractivity contribution < 1.29 is 22.9 Å². The molecule has 0 radical (unpaired) electrons. The summed E-state index contributed by atoms with van der Waals surface area (Å²) < 4.78 is 38.8. The molecular formula is C17H13F3N2O3. The summed E-state index contributed by atoms with van der Waals surface area (Å²) in [6.07, 6.45) is -2.45. The van der Waals surface area contributed by atoms with Crippen LogP contribution in [0.25, 0.3) is 6.08 Å². The summed E-state index contributed by atoms with van der Waals surface area (Å²) in [7, 11) is 1.52. The molecule has 2 aromatic rings. The van der Waals surface area contributed by atoms with E-state index in [9.17, 15) is 28.1 Å². The van der Waals surface area contributed by atoms with Crippen molar-refractivity contribution in [2.45, 2.75) is 6.18 Å². The van der Waals surface area contributed by atoms with Crippen LogP contribution in [0.5, 0.6) is 0 Å². The topological polar surface area (TPSA) is 72.2 Å². The number of allylic oxidation sites excluding steroid dienone is 1. The summed E-state index contributed by atoms with van der Waals surface area (Å²) in [4.78, 5) is 22.5. The maximum atomic E-state index is 12.9. The van der Waals surface area contributed by atoms with Crippen molar-refractivity contribution in [3.05, 3.63) is 75.3 Å². The lowest BCUT2D eigenvalue weighted by Crippen LogP contribution is -2.11. The number of hydrogen-bond acceptors (Lipinski definition) is 4. The molecule has 1 N–H and O–H groups in total. The van der Waals surface area contributed by atoms with Crippen LogP contribution in [0.4, 0.5) is 24.5 Å². The van der Waals surface area contributed by atoms with Crippen molar-refractivity contribution in [2.24, 2.45) is 0 Å². The number of hydrogen-bond donors (Lipinski definition) is 1. The van der Waals surface area contributed by atoms with Crippen LogP contribution in [-0.4, -0.2) is 17.8 Å². The lowest BCUT2D eigenvalue weighted by Gasteiger charge is -2.10. The number of benzene rings is 2. The molecule has 0 saturated heterocycles. The van der Waals surface area contributed by atoms with Crippen molar-refractivity contribution >= 4 is 23.2 Å². The number of nitro groups is 1. The fraction of sp³-hybridized carbons (Fsp3) is 0.118. The Labute approximate surface area is 140 Å². The van der Waals surface area contributed by atoms with Gasteiger partial charge in [-0.3, -0.25) is 14.9 Å². The van der Waals surface area contributed by atoms with E-state index in [0.717, 1.165) is 18.2 Å². The van der Waals surface area contributed by atoms with E-state index in [1.807, 2.05) is 0 Å². The Kier molecular flexibility index (Phi) is 5.21. The molecule has 2 rings (SSSR count). The van der Waals surface area contributed by atoms with Crippen LogP contribution in [-0.2, 0) is 6.18 Å². The molecule has 8 heteroatoms. The molecule has 0 amide bonds. The average Bonchev–Trinajstić information content (AvgIpc) is 2.58. The molecule has 0 spiro atoms. The fourth-order valence-corrected chi connectivity index (χ4v) is 2.22. The Morgan fingerprint density at radius 1 is 1.20 bits per heavy atom. The Hall–Kier alpha value is -3.16. The number of nitrogens with zero attached hydrogens (tertiary/aromatic N) is 1. The third kappa shape index (κ3) is 4.23. The number of ketones is 1. The first-order valence-electron chi connectivity index (χ1n) is 7.09. The van der Waals surface area contributed by atoms with Gasteiger partial charge in [-0.25, -0.2) is 0 Å². The molecule has 130 valence electrons. The van der Waals surface area contributed by atoms with Gasteiger partial charge in [0.1, 0.15) is 5.69 Å². The Bertz CT molecular complexity index is 845. The molecule has 0 atom stereocenters. The van der Waals surface area contributed by atoms with Gasteiger partial charge >= 0.3 is 6.18 Å². The molecule has 0 unspecified atom stereocenters. The summed E-state index contributed by atoms with van der Waals surface area (Å²) >= 11 is 0. The number of nitro benzene ring substituents is 1. The Morgan fingerprint density at radius 2 is 1.88 bits per heavy atom. The lowest BCUT2D eigenvalue weighted by atomic mass is 10.0. The standard InChI is InChI=1S/C17H13F3N2O3/c1-21-14-8-6-11(10-15(14)22(24)25)7-9-16(23)12-4-2-3-5-13(12)17(18,19)20/h2-10,21H,1H3/b9-7+. The third-order valence-electron chi connectivity index (χ3n) is 3.41. The molecule has 0 aliphatic heterocycles. The molecule has 0 aliphatic carbocycles. The van der Waals surface area contributed by atoms with Crippen LogP contribution in [0.3, 0.4) is 0 Å². The monoisotopic (exact) mass is 350 g/mol. The van der Waals surface area contributed by atoms with Gasteiger partial charge in [-0.15, -0.1) is 0 Å². The van der Waals surface area contributed by atoms with Gasteiger partial charge in [0.2, 0.25) is 0 Å². The second kappa shape index (κ2) is 7.16.